The monoisotopic (exact) mass is 347 g/mol. The number of carbonyl (C=O) groups excluding carboxylic acids is 1. The topological polar surface area (TPSA) is 66.4 Å². The number of amides is 1. The highest BCUT2D eigenvalue weighted by atomic mass is 35.5. The zero-order valence-electron chi connectivity index (χ0n) is 12.8. The first-order valence-corrected chi connectivity index (χ1v) is 7.59. The Labute approximate surface area is 143 Å². The van der Waals surface area contributed by atoms with Crippen molar-refractivity contribution < 1.29 is 19.1 Å². The van der Waals surface area contributed by atoms with Crippen LogP contribution in [0.1, 0.15) is 34.8 Å². The maximum absolute atomic E-state index is 13.4. The molecule has 0 atom stereocenters. The summed E-state index contributed by atoms with van der Waals surface area (Å²) in [5.41, 5.74) is 1.43. The number of halogens is 2. The summed E-state index contributed by atoms with van der Waals surface area (Å²) >= 11 is 5.63. The Kier molecular flexibility index (Phi) is 5.71. The number of rotatable bonds is 5. The van der Waals surface area contributed by atoms with Gasteiger partial charge in [-0.2, -0.15) is 0 Å². The molecular weight excluding hydrogens is 333 g/mol. The molecule has 0 heterocycles. The van der Waals surface area contributed by atoms with Crippen LogP contribution in [0.3, 0.4) is 0 Å². The lowest BCUT2D eigenvalue weighted by atomic mass is 10.1. The lowest BCUT2D eigenvalue weighted by Gasteiger charge is -2.08. The van der Waals surface area contributed by atoms with Gasteiger partial charge in [-0.05, 0) is 35.4 Å². The van der Waals surface area contributed by atoms with Crippen LogP contribution in [0, 0.1) is 5.82 Å². The Morgan fingerprint density at radius 3 is 2.38 bits per heavy atom. The molecule has 1 amide bonds. The van der Waals surface area contributed by atoms with Crippen LogP contribution in [-0.2, 0) is 4.79 Å². The van der Waals surface area contributed by atoms with Gasteiger partial charge in [0.05, 0.1) is 16.3 Å². The Morgan fingerprint density at radius 2 is 1.79 bits per heavy atom. The zero-order valence-corrected chi connectivity index (χ0v) is 13.6. The normalized spacial score (nSPS) is 10.8. The number of hydrogen-bond acceptors (Lipinski definition) is 2. The minimum Gasteiger partial charge on any atom is -0.478 e. The third kappa shape index (κ3) is 4.43. The van der Waals surface area contributed by atoms with E-state index < -0.39 is 11.8 Å². The number of aromatic carboxylic acids is 1. The molecule has 0 spiro atoms. The molecule has 0 bridgehead atoms. The Morgan fingerprint density at radius 1 is 1.17 bits per heavy atom. The van der Waals surface area contributed by atoms with E-state index in [4.69, 9.17) is 11.6 Å². The highest BCUT2D eigenvalue weighted by molar-refractivity contribution is 6.30. The summed E-state index contributed by atoms with van der Waals surface area (Å²) in [5, 5.41) is 11.9. The molecule has 4 nitrogen and oxygen atoms in total. The summed E-state index contributed by atoms with van der Waals surface area (Å²) in [6.07, 6.45) is 3.55. The molecule has 0 fully saturated rings. The van der Waals surface area contributed by atoms with E-state index in [0.717, 1.165) is 0 Å². The summed E-state index contributed by atoms with van der Waals surface area (Å²) in [7, 11) is 0. The van der Waals surface area contributed by atoms with Crippen LogP contribution in [0.2, 0.25) is 5.02 Å². The highest BCUT2D eigenvalue weighted by Gasteiger charge is 2.12. The van der Waals surface area contributed by atoms with Crippen molar-refractivity contribution in [2.45, 2.75) is 13.3 Å². The molecule has 124 valence electrons. The standard InChI is InChI=1S/C18H15ClFNO3/c1-2-17(22)21-16-8-6-11(9-13(16)18(23)24)3-4-12-5-7-14(19)15(20)10-12/h3-10H,2H2,1H3,(H,21,22)(H,23,24). The second-order valence-electron chi connectivity index (χ2n) is 5.02. The van der Waals surface area contributed by atoms with Gasteiger partial charge in [-0.15, -0.1) is 0 Å². The first-order valence-electron chi connectivity index (χ1n) is 7.21. The first kappa shape index (κ1) is 17.7. The molecule has 0 aliphatic heterocycles. The average molecular weight is 348 g/mol. The number of benzene rings is 2. The van der Waals surface area contributed by atoms with Crippen LogP contribution in [0.15, 0.2) is 36.4 Å². The predicted octanol–water partition coefficient (Wildman–Crippen LogP) is 4.70. The van der Waals surface area contributed by atoms with E-state index >= 15 is 0 Å². The highest BCUT2D eigenvalue weighted by Crippen LogP contribution is 2.21. The SMILES string of the molecule is CCC(=O)Nc1ccc(C=Cc2ccc(Cl)c(F)c2)cc1C(=O)O. The van der Waals surface area contributed by atoms with Crippen molar-refractivity contribution >= 4 is 41.3 Å². The number of anilines is 1. The van der Waals surface area contributed by atoms with E-state index in [-0.39, 0.29) is 28.6 Å². The number of carbonyl (C=O) groups is 2. The van der Waals surface area contributed by atoms with E-state index in [1.165, 1.54) is 24.3 Å². The predicted molar refractivity (Wildman–Crippen MR) is 92.7 cm³/mol. The summed E-state index contributed by atoms with van der Waals surface area (Å²) in [4.78, 5) is 22.8. The van der Waals surface area contributed by atoms with Gasteiger partial charge in [-0.25, -0.2) is 9.18 Å². The number of carboxylic acids is 1. The smallest absolute Gasteiger partial charge is 0.337 e. The van der Waals surface area contributed by atoms with Crippen LogP contribution in [-0.4, -0.2) is 17.0 Å². The summed E-state index contributed by atoms with van der Waals surface area (Å²) in [5.74, 6) is -1.94. The van der Waals surface area contributed by atoms with Gasteiger partial charge in [0.1, 0.15) is 5.82 Å². The van der Waals surface area contributed by atoms with Gasteiger partial charge in [0.2, 0.25) is 5.91 Å². The van der Waals surface area contributed by atoms with Gasteiger partial charge < -0.3 is 10.4 Å². The van der Waals surface area contributed by atoms with E-state index in [2.05, 4.69) is 5.32 Å². The van der Waals surface area contributed by atoms with Crippen molar-refractivity contribution in [1.82, 2.24) is 0 Å². The maximum atomic E-state index is 13.4. The van der Waals surface area contributed by atoms with Crippen LogP contribution in [0.25, 0.3) is 12.2 Å². The number of carboxylic acid groups (broad SMARTS) is 1. The molecule has 6 heteroatoms. The second-order valence-corrected chi connectivity index (χ2v) is 5.43. The molecule has 0 unspecified atom stereocenters. The van der Waals surface area contributed by atoms with Crippen molar-refractivity contribution in [3.63, 3.8) is 0 Å². The Bertz CT molecular complexity index is 818. The first-order chi connectivity index (χ1) is 11.4. The van der Waals surface area contributed by atoms with Crippen molar-refractivity contribution in [1.29, 1.82) is 0 Å². The molecular formula is C18H15ClFNO3. The Balaban J connectivity index is 2.29. The molecule has 0 aliphatic rings. The lowest BCUT2D eigenvalue weighted by molar-refractivity contribution is -0.115. The van der Waals surface area contributed by atoms with Gasteiger partial charge in [-0.3, -0.25) is 4.79 Å². The molecule has 2 rings (SSSR count). The van der Waals surface area contributed by atoms with Gasteiger partial charge in [0.15, 0.2) is 0 Å². The molecule has 0 radical (unpaired) electrons. The van der Waals surface area contributed by atoms with Crippen molar-refractivity contribution in [3.05, 3.63) is 63.9 Å². The minimum atomic E-state index is -1.14. The molecule has 2 N–H and O–H groups in total. The summed E-state index contributed by atoms with van der Waals surface area (Å²) < 4.78 is 13.4. The third-order valence-corrected chi connectivity index (χ3v) is 3.59. The fourth-order valence-electron chi connectivity index (χ4n) is 2.00. The number of nitrogens with one attached hydrogen (secondary N) is 1. The molecule has 0 aliphatic carbocycles. The Hall–Kier alpha value is -2.66. The summed E-state index contributed by atoms with van der Waals surface area (Å²) in [6, 6.07) is 9.02. The average Bonchev–Trinajstić information content (AvgIpc) is 2.56. The second kappa shape index (κ2) is 7.75. The van der Waals surface area contributed by atoms with Crippen molar-refractivity contribution in [2.75, 3.05) is 5.32 Å². The molecule has 2 aromatic carbocycles. The largest absolute Gasteiger partial charge is 0.478 e. The molecule has 0 saturated heterocycles. The summed E-state index contributed by atoms with van der Waals surface area (Å²) in [6.45, 7) is 1.68. The van der Waals surface area contributed by atoms with Gasteiger partial charge in [0.25, 0.3) is 0 Å². The minimum absolute atomic E-state index is 0.0127. The molecule has 0 aromatic heterocycles. The third-order valence-electron chi connectivity index (χ3n) is 3.28. The van der Waals surface area contributed by atoms with Crippen LogP contribution < -0.4 is 5.32 Å². The molecule has 24 heavy (non-hydrogen) atoms. The van der Waals surface area contributed by atoms with Gasteiger partial charge >= 0.3 is 5.97 Å². The van der Waals surface area contributed by atoms with E-state index in [1.54, 1.807) is 31.2 Å². The number of hydrogen-bond donors (Lipinski definition) is 2. The zero-order chi connectivity index (χ0) is 17.7. The van der Waals surface area contributed by atoms with E-state index in [1.807, 2.05) is 0 Å². The molecule has 0 saturated carbocycles. The van der Waals surface area contributed by atoms with Crippen LogP contribution in [0.5, 0.6) is 0 Å². The lowest BCUT2D eigenvalue weighted by Crippen LogP contribution is -2.13. The van der Waals surface area contributed by atoms with Crippen LogP contribution >= 0.6 is 11.6 Å². The fourth-order valence-corrected chi connectivity index (χ4v) is 2.12. The fraction of sp³-hybridized carbons (Fsp3) is 0.111. The van der Waals surface area contributed by atoms with Gasteiger partial charge in [0, 0.05) is 6.42 Å². The quantitative estimate of drug-likeness (QED) is 0.771. The molecule has 2 aromatic rings. The van der Waals surface area contributed by atoms with Crippen LogP contribution in [0.4, 0.5) is 10.1 Å². The van der Waals surface area contributed by atoms with E-state index in [9.17, 15) is 19.1 Å². The van der Waals surface area contributed by atoms with Gasteiger partial charge in [-0.1, -0.05) is 42.8 Å². The maximum Gasteiger partial charge on any atom is 0.337 e. The van der Waals surface area contributed by atoms with Crippen molar-refractivity contribution in [3.8, 4) is 0 Å². The van der Waals surface area contributed by atoms with E-state index in [0.29, 0.717) is 11.1 Å². The van der Waals surface area contributed by atoms with Crippen molar-refractivity contribution in [2.24, 2.45) is 0 Å².